The lowest BCUT2D eigenvalue weighted by molar-refractivity contribution is 0.306. The topological polar surface area (TPSA) is 67.5 Å². The molecular formula is C14H25N5O. The van der Waals surface area contributed by atoms with Gasteiger partial charge < -0.3 is 20.3 Å². The van der Waals surface area contributed by atoms with Crippen LogP contribution < -0.4 is 15.4 Å². The van der Waals surface area contributed by atoms with Gasteiger partial charge in [0.15, 0.2) is 5.82 Å². The molecule has 112 valence electrons. The first-order chi connectivity index (χ1) is 9.72. The van der Waals surface area contributed by atoms with Gasteiger partial charge in [-0.15, -0.1) is 0 Å². The Morgan fingerprint density at radius 2 is 2.10 bits per heavy atom. The van der Waals surface area contributed by atoms with E-state index in [-0.39, 0.29) is 0 Å². The standard InChI is InChI=1S/C14H25N5O/c1-3-10-20-14-12(15)13(16-11-17-14)18(2)8-9-19-6-4-5-7-19/h11H,3-10,15H2,1-2H3. The molecule has 0 aliphatic carbocycles. The van der Waals surface area contributed by atoms with Crippen molar-refractivity contribution in [3.8, 4) is 5.88 Å². The van der Waals surface area contributed by atoms with Gasteiger partial charge in [0.1, 0.15) is 12.0 Å². The molecule has 0 bridgehead atoms. The van der Waals surface area contributed by atoms with Crippen molar-refractivity contribution in [2.45, 2.75) is 26.2 Å². The van der Waals surface area contributed by atoms with Crippen LogP contribution in [0.1, 0.15) is 26.2 Å². The predicted octanol–water partition coefficient (Wildman–Crippen LogP) is 1.38. The molecule has 20 heavy (non-hydrogen) atoms. The van der Waals surface area contributed by atoms with E-state index in [0.29, 0.717) is 18.2 Å². The summed E-state index contributed by atoms with van der Waals surface area (Å²) in [6.07, 6.45) is 5.08. The van der Waals surface area contributed by atoms with Crippen molar-refractivity contribution in [3.63, 3.8) is 0 Å². The van der Waals surface area contributed by atoms with Gasteiger partial charge in [0, 0.05) is 20.1 Å². The van der Waals surface area contributed by atoms with Crippen molar-refractivity contribution in [1.82, 2.24) is 14.9 Å². The van der Waals surface area contributed by atoms with Crippen molar-refractivity contribution in [1.29, 1.82) is 0 Å². The van der Waals surface area contributed by atoms with Crippen LogP contribution in [0.15, 0.2) is 6.33 Å². The monoisotopic (exact) mass is 279 g/mol. The summed E-state index contributed by atoms with van der Waals surface area (Å²) in [4.78, 5) is 12.9. The fourth-order valence-corrected chi connectivity index (χ4v) is 2.39. The largest absolute Gasteiger partial charge is 0.476 e. The van der Waals surface area contributed by atoms with E-state index < -0.39 is 0 Å². The minimum atomic E-state index is 0.491. The van der Waals surface area contributed by atoms with E-state index in [1.54, 1.807) is 0 Å². The average molecular weight is 279 g/mol. The summed E-state index contributed by atoms with van der Waals surface area (Å²) in [5, 5.41) is 0. The molecule has 2 N–H and O–H groups in total. The molecule has 0 amide bonds. The van der Waals surface area contributed by atoms with Gasteiger partial charge in [-0.3, -0.25) is 0 Å². The van der Waals surface area contributed by atoms with Crippen molar-refractivity contribution in [2.75, 3.05) is 50.5 Å². The summed E-state index contributed by atoms with van der Waals surface area (Å²) < 4.78 is 5.54. The lowest BCUT2D eigenvalue weighted by Gasteiger charge is -2.23. The summed E-state index contributed by atoms with van der Waals surface area (Å²) in [6, 6.07) is 0. The van der Waals surface area contributed by atoms with Crippen molar-refractivity contribution in [2.24, 2.45) is 0 Å². The lowest BCUT2D eigenvalue weighted by atomic mass is 10.4. The first kappa shape index (κ1) is 14.8. The van der Waals surface area contributed by atoms with Crippen LogP contribution in [-0.2, 0) is 0 Å². The Kier molecular flexibility index (Phi) is 5.40. The van der Waals surface area contributed by atoms with Gasteiger partial charge in [0.25, 0.3) is 0 Å². The van der Waals surface area contributed by atoms with Gasteiger partial charge in [-0.2, -0.15) is 4.98 Å². The minimum absolute atomic E-state index is 0.491. The quantitative estimate of drug-likeness (QED) is 0.813. The number of hydrogen-bond donors (Lipinski definition) is 1. The Labute approximate surface area is 120 Å². The molecular weight excluding hydrogens is 254 g/mol. The van der Waals surface area contributed by atoms with E-state index in [1.165, 1.54) is 32.3 Å². The number of likely N-dealkylation sites (N-methyl/N-ethyl adjacent to an activating group) is 1. The fraction of sp³-hybridized carbons (Fsp3) is 0.714. The zero-order chi connectivity index (χ0) is 14.4. The Bertz CT molecular complexity index is 420. The van der Waals surface area contributed by atoms with Crippen LogP contribution in [0.5, 0.6) is 5.88 Å². The number of aromatic nitrogens is 2. The maximum Gasteiger partial charge on any atom is 0.242 e. The van der Waals surface area contributed by atoms with Gasteiger partial charge in [-0.1, -0.05) is 6.92 Å². The van der Waals surface area contributed by atoms with Crippen LogP contribution in [0.25, 0.3) is 0 Å². The van der Waals surface area contributed by atoms with Gasteiger partial charge in [0.05, 0.1) is 6.61 Å². The van der Waals surface area contributed by atoms with Crippen molar-refractivity contribution < 1.29 is 4.74 Å². The molecule has 6 nitrogen and oxygen atoms in total. The van der Waals surface area contributed by atoms with Crippen LogP contribution in [0, 0.1) is 0 Å². The maximum absolute atomic E-state index is 6.10. The van der Waals surface area contributed by atoms with Crippen LogP contribution in [0.2, 0.25) is 0 Å². The summed E-state index contributed by atoms with van der Waals surface area (Å²) in [5.74, 6) is 1.25. The highest BCUT2D eigenvalue weighted by molar-refractivity contribution is 5.67. The highest BCUT2D eigenvalue weighted by Gasteiger charge is 2.15. The van der Waals surface area contributed by atoms with E-state index in [4.69, 9.17) is 10.5 Å². The number of likely N-dealkylation sites (tertiary alicyclic amines) is 1. The third kappa shape index (κ3) is 3.72. The third-order valence-corrected chi connectivity index (χ3v) is 3.58. The van der Waals surface area contributed by atoms with E-state index in [2.05, 4.69) is 26.7 Å². The number of nitrogens with two attached hydrogens (primary N) is 1. The molecule has 1 aromatic heterocycles. The van der Waals surface area contributed by atoms with Crippen molar-refractivity contribution >= 4 is 11.5 Å². The second kappa shape index (κ2) is 7.28. The molecule has 0 radical (unpaired) electrons. The van der Waals surface area contributed by atoms with E-state index in [1.807, 2.05) is 7.05 Å². The Balaban J connectivity index is 1.95. The number of anilines is 2. The number of nitrogens with zero attached hydrogens (tertiary/aromatic N) is 4. The SMILES string of the molecule is CCCOc1ncnc(N(C)CCN2CCCC2)c1N. The van der Waals surface area contributed by atoms with Gasteiger partial charge in [0.2, 0.25) is 5.88 Å². The summed E-state index contributed by atoms with van der Waals surface area (Å²) in [6.45, 7) is 7.05. The van der Waals surface area contributed by atoms with E-state index in [0.717, 1.165) is 25.3 Å². The van der Waals surface area contributed by atoms with Gasteiger partial charge >= 0.3 is 0 Å². The Hall–Kier alpha value is -1.56. The fourth-order valence-electron chi connectivity index (χ4n) is 2.39. The van der Waals surface area contributed by atoms with Crippen LogP contribution in [0.4, 0.5) is 11.5 Å². The van der Waals surface area contributed by atoms with Crippen LogP contribution >= 0.6 is 0 Å². The zero-order valence-electron chi connectivity index (χ0n) is 12.5. The van der Waals surface area contributed by atoms with Gasteiger partial charge in [-0.25, -0.2) is 4.98 Å². The summed E-state index contributed by atoms with van der Waals surface area (Å²) >= 11 is 0. The second-order valence-electron chi connectivity index (χ2n) is 5.23. The highest BCUT2D eigenvalue weighted by atomic mass is 16.5. The molecule has 1 saturated heterocycles. The molecule has 1 fully saturated rings. The lowest BCUT2D eigenvalue weighted by Crippen LogP contribution is -2.32. The minimum Gasteiger partial charge on any atom is -0.476 e. The molecule has 2 heterocycles. The van der Waals surface area contributed by atoms with E-state index in [9.17, 15) is 0 Å². The Morgan fingerprint density at radius 1 is 1.35 bits per heavy atom. The predicted molar refractivity (Wildman–Crippen MR) is 81.2 cm³/mol. The van der Waals surface area contributed by atoms with Crippen molar-refractivity contribution in [3.05, 3.63) is 6.33 Å². The molecule has 0 aromatic carbocycles. The Morgan fingerprint density at radius 3 is 2.80 bits per heavy atom. The van der Waals surface area contributed by atoms with Gasteiger partial charge in [-0.05, 0) is 32.4 Å². The first-order valence-corrected chi connectivity index (χ1v) is 7.39. The van der Waals surface area contributed by atoms with Crippen LogP contribution in [0.3, 0.4) is 0 Å². The first-order valence-electron chi connectivity index (χ1n) is 7.39. The van der Waals surface area contributed by atoms with Crippen LogP contribution in [-0.4, -0.2) is 54.7 Å². The average Bonchev–Trinajstić information content (AvgIpc) is 2.97. The zero-order valence-corrected chi connectivity index (χ0v) is 12.5. The molecule has 6 heteroatoms. The number of rotatable bonds is 7. The molecule has 2 rings (SSSR count). The molecule has 0 saturated carbocycles. The molecule has 0 spiro atoms. The third-order valence-electron chi connectivity index (χ3n) is 3.58. The number of ether oxygens (including phenoxy) is 1. The molecule has 1 aliphatic heterocycles. The van der Waals surface area contributed by atoms with E-state index >= 15 is 0 Å². The normalized spacial score (nSPS) is 15.5. The summed E-state index contributed by atoms with van der Waals surface area (Å²) in [5.41, 5.74) is 6.64. The molecule has 1 aromatic rings. The maximum atomic E-state index is 6.10. The molecule has 0 unspecified atom stereocenters. The summed E-state index contributed by atoms with van der Waals surface area (Å²) in [7, 11) is 2.01. The second-order valence-corrected chi connectivity index (χ2v) is 5.23. The smallest absolute Gasteiger partial charge is 0.242 e. The number of hydrogen-bond acceptors (Lipinski definition) is 6. The highest BCUT2D eigenvalue weighted by Crippen LogP contribution is 2.27. The molecule has 0 atom stereocenters. The number of nitrogen functional groups attached to an aromatic ring is 1. The molecule has 1 aliphatic rings.